The third-order valence-corrected chi connectivity index (χ3v) is 4.09. The Labute approximate surface area is 113 Å². The van der Waals surface area contributed by atoms with Gasteiger partial charge in [0.25, 0.3) is 0 Å². The van der Waals surface area contributed by atoms with Crippen LogP contribution < -0.4 is 4.90 Å². The fraction of sp³-hybridized carbons (Fsp3) is 0.533. The quantitative estimate of drug-likeness (QED) is 0.828. The van der Waals surface area contributed by atoms with Gasteiger partial charge in [-0.05, 0) is 31.0 Å². The van der Waals surface area contributed by atoms with E-state index in [4.69, 9.17) is 4.74 Å². The lowest BCUT2D eigenvalue weighted by Gasteiger charge is -2.25. The van der Waals surface area contributed by atoms with Crippen molar-refractivity contribution in [1.82, 2.24) is 4.90 Å². The molecule has 1 amide bonds. The summed E-state index contributed by atoms with van der Waals surface area (Å²) in [5.41, 5.74) is 2.30. The number of carbonyl (C=O) groups is 1. The second kappa shape index (κ2) is 5.31. The number of rotatable bonds is 3. The van der Waals surface area contributed by atoms with Crippen LogP contribution in [0.4, 0.5) is 5.69 Å². The van der Waals surface area contributed by atoms with Gasteiger partial charge in [0.1, 0.15) is 0 Å². The summed E-state index contributed by atoms with van der Waals surface area (Å²) in [6.45, 7) is 3.13. The molecule has 0 aliphatic carbocycles. The van der Waals surface area contributed by atoms with Crippen LogP contribution in [0.5, 0.6) is 0 Å². The molecule has 1 saturated heterocycles. The summed E-state index contributed by atoms with van der Waals surface area (Å²) in [6, 6.07) is 8.29. The average Bonchev–Trinajstić information content (AvgIpc) is 2.85. The Morgan fingerprint density at radius 3 is 3.05 bits per heavy atom. The van der Waals surface area contributed by atoms with Crippen LogP contribution in [0.15, 0.2) is 24.3 Å². The topological polar surface area (TPSA) is 32.8 Å². The van der Waals surface area contributed by atoms with Crippen molar-refractivity contribution in [2.75, 3.05) is 31.7 Å². The molecule has 4 nitrogen and oxygen atoms in total. The lowest BCUT2D eigenvalue weighted by Crippen LogP contribution is -2.44. The van der Waals surface area contributed by atoms with Crippen LogP contribution in [0.1, 0.15) is 18.4 Å². The van der Waals surface area contributed by atoms with Gasteiger partial charge in [-0.1, -0.05) is 18.2 Å². The summed E-state index contributed by atoms with van der Waals surface area (Å²) in [7, 11) is 1.68. The van der Waals surface area contributed by atoms with Gasteiger partial charge in [0.15, 0.2) is 0 Å². The van der Waals surface area contributed by atoms with E-state index in [-0.39, 0.29) is 11.9 Å². The minimum atomic E-state index is 0.0595. The van der Waals surface area contributed by atoms with Crippen LogP contribution >= 0.6 is 0 Å². The van der Waals surface area contributed by atoms with Gasteiger partial charge < -0.3 is 9.64 Å². The smallest absolute Gasteiger partial charge is 0.244 e. The van der Waals surface area contributed by atoms with Gasteiger partial charge in [0.05, 0.1) is 12.6 Å². The number of anilines is 1. The number of benzene rings is 1. The highest BCUT2D eigenvalue weighted by atomic mass is 16.5. The number of hydrogen-bond donors (Lipinski definition) is 0. The first-order chi connectivity index (χ1) is 9.31. The Balaban J connectivity index is 1.97. The van der Waals surface area contributed by atoms with Gasteiger partial charge >= 0.3 is 0 Å². The molecule has 102 valence electrons. The number of hydrogen-bond acceptors (Lipinski definition) is 3. The summed E-state index contributed by atoms with van der Waals surface area (Å²) in [6.07, 6.45) is 2.10. The van der Waals surface area contributed by atoms with E-state index in [1.165, 1.54) is 5.56 Å². The summed E-state index contributed by atoms with van der Waals surface area (Å²) < 4.78 is 5.15. The van der Waals surface area contributed by atoms with Crippen LogP contribution in [-0.2, 0) is 16.1 Å². The Kier molecular flexibility index (Phi) is 3.53. The SMILES string of the molecule is COCCN1C(=O)C2CCCN2Cc2ccccc21. The molecule has 4 heteroatoms. The lowest BCUT2D eigenvalue weighted by atomic mass is 10.1. The first-order valence-electron chi connectivity index (χ1n) is 6.93. The molecule has 3 rings (SSSR count). The van der Waals surface area contributed by atoms with Crippen molar-refractivity contribution in [1.29, 1.82) is 0 Å². The highest BCUT2D eigenvalue weighted by Crippen LogP contribution is 2.31. The molecule has 0 radical (unpaired) electrons. The zero-order valence-electron chi connectivity index (χ0n) is 11.3. The summed E-state index contributed by atoms with van der Waals surface area (Å²) in [5.74, 6) is 0.236. The van der Waals surface area contributed by atoms with Crippen LogP contribution in [0.2, 0.25) is 0 Å². The predicted molar refractivity (Wildman–Crippen MR) is 74.1 cm³/mol. The number of para-hydroxylation sites is 1. The molecule has 1 unspecified atom stereocenters. The monoisotopic (exact) mass is 260 g/mol. The number of amides is 1. The van der Waals surface area contributed by atoms with Gasteiger partial charge in [-0.15, -0.1) is 0 Å². The minimum Gasteiger partial charge on any atom is -0.383 e. The lowest BCUT2D eigenvalue weighted by molar-refractivity contribution is -0.122. The first-order valence-corrected chi connectivity index (χ1v) is 6.93. The number of methoxy groups -OCH3 is 1. The maximum absolute atomic E-state index is 12.7. The van der Waals surface area contributed by atoms with Crippen molar-refractivity contribution in [2.24, 2.45) is 0 Å². The van der Waals surface area contributed by atoms with E-state index in [9.17, 15) is 4.79 Å². The molecule has 2 heterocycles. The second-order valence-electron chi connectivity index (χ2n) is 5.24. The molecule has 0 saturated carbocycles. The van der Waals surface area contributed by atoms with Gasteiger partial charge in [-0.25, -0.2) is 0 Å². The Morgan fingerprint density at radius 2 is 2.21 bits per heavy atom. The van der Waals surface area contributed by atoms with E-state index >= 15 is 0 Å². The van der Waals surface area contributed by atoms with Crippen LogP contribution in [0.3, 0.4) is 0 Å². The van der Waals surface area contributed by atoms with Crippen molar-refractivity contribution in [3.63, 3.8) is 0 Å². The zero-order valence-corrected chi connectivity index (χ0v) is 11.3. The highest BCUT2D eigenvalue weighted by Gasteiger charge is 2.37. The fourth-order valence-corrected chi connectivity index (χ4v) is 3.13. The zero-order chi connectivity index (χ0) is 13.2. The van der Waals surface area contributed by atoms with E-state index in [0.29, 0.717) is 13.2 Å². The van der Waals surface area contributed by atoms with Gasteiger partial charge in [0, 0.05) is 25.9 Å². The molecular weight excluding hydrogens is 240 g/mol. The molecule has 2 aliphatic heterocycles. The van der Waals surface area contributed by atoms with Crippen LogP contribution in [0, 0.1) is 0 Å². The molecule has 1 aromatic rings. The molecule has 0 bridgehead atoms. The number of fused-ring (bicyclic) bond motifs is 2. The molecular formula is C15H20N2O2. The standard InChI is InChI=1S/C15H20N2O2/c1-19-10-9-17-13-6-3-2-5-12(13)11-16-8-4-7-14(16)15(17)18/h2-3,5-6,14H,4,7-11H2,1H3. The molecule has 1 aromatic carbocycles. The van der Waals surface area contributed by atoms with Crippen LogP contribution in [-0.4, -0.2) is 43.7 Å². The average molecular weight is 260 g/mol. The normalized spacial score (nSPS) is 23.1. The largest absolute Gasteiger partial charge is 0.383 e. The van der Waals surface area contributed by atoms with Gasteiger partial charge in [-0.3, -0.25) is 9.69 Å². The molecule has 0 N–H and O–H groups in total. The second-order valence-corrected chi connectivity index (χ2v) is 5.24. The molecule has 0 spiro atoms. The Hall–Kier alpha value is -1.39. The summed E-state index contributed by atoms with van der Waals surface area (Å²) in [5, 5.41) is 0. The predicted octanol–water partition coefficient (Wildman–Crippen LogP) is 1.64. The van der Waals surface area contributed by atoms with Crippen molar-refractivity contribution < 1.29 is 9.53 Å². The molecule has 1 atom stereocenters. The molecule has 1 fully saturated rings. The van der Waals surface area contributed by atoms with Crippen molar-refractivity contribution in [2.45, 2.75) is 25.4 Å². The first kappa shape index (κ1) is 12.6. The molecule has 0 aromatic heterocycles. The Bertz CT molecular complexity index is 475. The van der Waals surface area contributed by atoms with Gasteiger partial charge in [-0.2, -0.15) is 0 Å². The highest BCUT2D eigenvalue weighted by molar-refractivity contribution is 5.98. The third kappa shape index (κ3) is 2.26. The Morgan fingerprint density at radius 1 is 1.37 bits per heavy atom. The third-order valence-electron chi connectivity index (χ3n) is 4.09. The van der Waals surface area contributed by atoms with E-state index in [2.05, 4.69) is 11.0 Å². The van der Waals surface area contributed by atoms with E-state index < -0.39 is 0 Å². The summed E-state index contributed by atoms with van der Waals surface area (Å²) >= 11 is 0. The van der Waals surface area contributed by atoms with E-state index in [1.54, 1.807) is 7.11 Å². The maximum atomic E-state index is 12.7. The van der Waals surface area contributed by atoms with E-state index in [0.717, 1.165) is 31.6 Å². The van der Waals surface area contributed by atoms with Crippen molar-refractivity contribution >= 4 is 11.6 Å². The fourth-order valence-electron chi connectivity index (χ4n) is 3.13. The maximum Gasteiger partial charge on any atom is 0.244 e. The number of carbonyl (C=O) groups excluding carboxylic acids is 1. The molecule has 2 aliphatic rings. The number of nitrogens with zero attached hydrogens (tertiary/aromatic N) is 2. The summed E-state index contributed by atoms with van der Waals surface area (Å²) in [4.78, 5) is 16.9. The van der Waals surface area contributed by atoms with Crippen molar-refractivity contribution in [3.8, 4) is 0 Å². The van der Waals surface area contributed by atoms with Crippen LogP contribution in [0.25, 0.3) is 0 Å². The van der Waals surface area contributed by atoms with E-state index in [1.807, 2.05) is 23.1 Å². The minimum absolute atomic E-state index is 0.0595. The van der Waals surface area contributed by atoms with Gasteiger partial charge in [0.2, 0.25) is 5.91 Å². The van der Waals surface area contributed by atoms with Crippen molar-refractivity contribution in [3.05, 3.63) is 29.8 Å². The number of ether oxygens (including phenoxy) is 1. The molecule has 19 heavy (non-hydrogen) atoms.